The van der Waals surface area contributed by atoms with E-state index < -0.39 is 0 Å². The molecular weight excluding hydrogens is 208 g/mol. The Bertz CT molecular complexity index is 380. The summed E-state index contributed by atoms with van der Waals surface area (Å²) in [6, 6.07) is 10.5. The minimum atomic E-state index is 0.240. The van der Waals surface area contributed by atoms with Gasteiger partial charge in [-0.25, -0.2) is 0 Å². The summed E-state index contributed by atoms with van der Waals surface area (Å²) in [6.45, 7) is 6.50. The first kappa shape index (κ1) is 12.3. The van der Waals surface area contributed by atoms with E-state index in [2.05, 4.69) is 45.0 Å². The molecule has 92 valence electrons. The van der Waals surface area contributed by atoms with Gasteiger partial charge in [0.25, 0.3) is 0 Å². The average molecular weight is 230 g/mol. The van der Waals surface area contributed by atoms with Crippen molar-refractivity contribution in [2.75, 3.05) is 0 Å². The highest BCUT2D eigenvalue weighted by atomic mass is 16.1. The molecule has 1 fully saturated rings. The molecule has 0 heterocycles. The van der Waals surface area contributed by atoms with E-state index in [9.17, 15) is 4.79 Å². The van der Waals surface area contributed by atoms with Crippen LogP contribution in [0.4, 0.5) is 0 Å². The number of rotatable bonds is 3. The zero-order chi connectivity index (χ0) is 12.4. The largest absolute Gasteiger partial charge is 0.299 e. The highest BCUT2D eigenvalue weighted by Gasteiger charge is 2.40. The van der Waals surface area contributed by atoms with Crippen LogP contribution < -0.4 is 0 Å². The van der Waals surface area contributed by atoms with Crippen LogP contribution in [0.3, 0.4) is 0 Å². The number of carbonyl (C=O) groups is 1. The first-order valence-electron chi connectivity index (χ1n) is 6.68. The first-order valence-corrected chi connectivity index (χ1v) is 6.68. The van der Waals surface area contributed by atoms with Crippen molar-refractivity contribution in [1.82, 2.24) is 0 Å². The van der Waals surface area contributed by atoms with E-state index in [1.807, 2.05) is 6.07 Å². The quantitative estimate of drug-likeness (QED) is 0.766. The van der Waals surface area contributed by atoms with Crippen LogP contribution >= 0.6 is 0 Å². The monoisotopic (exact) mass is 230 g/mol. The van der Waals surface area contributed by atoms with Crippen molar-refractivity contribution in [3.8, 4) is 0 Å². The molecule has 3 atom stereocenters. The molecule has 1 aliphatic carbocycles. The van der Waals surface area contributed by atoms with Gasteiger partial charge in [0, 0.05) is 11.8 Å². The fourth-order valence-electron chi connectivity index (χ4n) is 3.08. The lowest BCUT2D eigenvalue weighted by atomic mass is 9.83. The van der Waals surface area contributed by atoms with Gasteiger partial charge in [-0.05, 0) is 30.2 Å². The summed E-state index contributed by atoms with van der Waals surface area (Å²) >= 11 is 0. The molecule has 0 spiro atoms. The lowest BCUT2D eigenvalue weighted by Gasteiger charge is -2.20. The summed E-state index contributed by atoms with van der Waals surface area (Å²) in [7, 11) is 0. The molecule has 1 saturated carbocycles. The van der Waals surface area contributed by atoms with Gasteiger partial charge >= 0.3 is 0 Å². The Morgan fingerprint density at radius 3 is 2.47 bits per heavy atom. The normalized spacial score (nSPS) is 28.9. The van der Waals surface area contributed by atoms with E-state index in [0.29, 0.717) is 17.6 Å². The van der Waals surface area contributed by atoms with Gasteiger partial charge in [-0.2, -0.15) is 0 Å². The Labute approximate surface area is 104 Å². The Balaban J connectivity index is 2.23. The highest BCUT2D eigenvalue weighted by molar-refractivity contribution is 5.86. The highest BCUT2D eigenvalue weighted by Crippen LogP contribution is 2.43. The van der Waals surface area contributed by atoms with Crippen LogP contribution in [0.15, 0.2) is 30.3 Å². The van der Waals surface area contributed by atoms with Gasteiger partial charge in [-0.1, -0.05) is 51.1 Å². The lowest BCUT2D eigenvalue weighted by Crippen LogP contribution is -2.17. The van der Waals surface area contributed by atoms with Crippen molar-refractivity contribution in [3.63, 3.8) is 0 Å². The van der Waals surface area contributed by atoms with Crippen LogP contribution in [0.5, 0.6) is 0 Å². The summed E-state index contributed by atoms with van der Waals surface area (Å²) in [6.07, 6.45) is 2.06. The number of benzene rings is 1. The Kier molecular flexibility index (Phi) is 3.66. The van der Waals surface area contributed by atoms with E-state index in [4.69, 9.17) is 0 Å². The molecule has 1 aromatic rings. The van der Waals surface area contributed by atoms with Crippen molar-refractivity contribution < 1.29 is 4.79 Å². The lowest BCUT2D eigenvalue weighted by molar-refractivity contribution is -0.124. The third-order valence-corrected chi connectivity index (χ3v) is 3.90. The van der Waals surface area contributed by atoms with Crippen molar-refractivity contribution in [1.29, 1.82) is 0 Å². The van der Waals surface area contributed by atoms with E-state index in [-0.39, 0.29) is 11.8 Å². The van der Waals surface area contributed by atoms with Crippen molar-refractivity contribution in [3.05, 3.63) is 35.9 Å². The summed E-state index contributed by atoms with van der Waals surface area (Å²) in [5.41, 5.74) is 1.34. The average Bonchev–Trinajstić information content (AvgIpc) is 2.58. The smallest absolute Gasteiger partial charge is 0.139 e. The molecule has 0 amide bonds. The van der Waals surface area contributed by atoms with Crippen molar-refractivity contribution in [2.24, 2.45) is 17.8 Å². The van der Waals surface area contributed by atoms with E-state index in [1.54, 1.807) is 0 Å². The molecule has 1 heteroatoms. The van der Waals surface area contributed by atoms with Gasteiger partial charge in [-0.3, -0.25) is 4.79 Å². The van der Waals surface area contributed by atoms with Gasteiger partial charge in [0.05, 0.1) is 0 Å². The predicted molar refractivity (Wildman–Crippen MR) is 70.9 cm³/mol. The van der Waals surface area contributed by atoms with Crippen LogP contribution in [0.2, 0.25) is 0 Å². The van der Waals surface area contributed by atoms with Crippen molar-refractivity contribution in [2.45, 2.75) is 39.5 Å². The van der Waals surface area contributed by atoms with Gasteiger partial charge in [-0.15, -0.1) is 0 Å². The zero-order valence-corrected chi connectivity index (χ0v) is 11.0. The summed E-state index contributed by atoms with van der Waals surface area (Å²) in [4.78, 5) is 12.2. The van der Waals surface area contributed by atoms with Crippen molar-refractivity contribution >= 4 is 5.78 Å². The maximum Gasteiger partial charge on any atom is 0.139 e. The summed E-state index contributed by atoms with van der Waals surface area (Å²) in [5.74, 6) is 2.01. The molecule has 17 heavy (non-hydrogen) atoms. The molecule has 1 nitrogen and oxygen atoms in total. The second-order valence-corrected chi connectivity index (χ2v) is 5.79. The molecular formula is C16H22O. The number of hydrogen-bond acceptors (Lipinski definition) is 1. The fraction of sp³-hybridized carbons (Fsp3) is 0.562. The SMILES string of the molecule is CC(C)C[C@@H]1C(=O)[C@@H](C)C[C@H]1c1ccccc1. The van der Waals surface area contributed by atoms with Gasteiger partial charge in [0.15, 0.2) is 0 Å². The number of hydrogen-bond donors (Lipinski definition) is 0. The van der Waals surface area contributed by atoms with Crippen LogP contribution in [-0.4, -0.2) is 5.78 Å². The zero-order valence-electron chi connectivity index (χ0n) is 11.0. The van der Waals surface area contributed by atoms with Crippen LogP contribution in [0.25, 0.3) is 0 Å². The summed E-state index contributed by atoms with van der Waals surface area (Å²) in [5, 5.41) is 0. The first-order chi connectivity index (χ1) is 8.09. The van der Waals surface area contributed by atoms with E-state index >= 15 is 0 Å². The molecule has 0 bridgehead atoms. The van der Waals surface area contributed by atoms with Crippen LogP contribution in [0, 0.1) is 17.8 Å². The molecule has 0 N–H and O–H groups in total. The molecule has 1 aromatic carbocycles. The third-order valence-electron chi connectivity index (χ3n) is 3.90. The second kappa shape index (κ2) is 5.03. The molecule has 1 aliphatic rings. The van der Waals surface area contributed by atoms with Gasteiger partial charge in [0.2, 0.25) is 0 Å². The predicted octanol–water partition coefficient (Wildman–Crippen LogP) is 4.04. The van der Waals surface area contributed by atoms with Gasteiger partial charge in [0.1, 0.15) is 5.78 Å². The topological polar surface area (TPSA) is 17.1 Å². The van der Waals surface area contributed by atoms with Crippen LogP contribution in [-0.2, 0) is 4.79 Å². The molecule has 0 aliphatic heterocycles. The van der Waals surface area contributed by atoms with Gasteiger partial charge < -0.3 is 0 Å². The Morgan fingerprint density at radius 2 is 1.88 bits per heavy atom. The molecule has 0 aromatic heterocycles. The molecule has 0 radical (unpaired) electrons. The fourth-order valence-corrected chi connectivity index (χ4v) is 3.08. The van der Waals surface area contributed by atoms with E-state index in [1.165, 1.54) is 5.56 Å². The van der Waals surface area contributed by atoms with E-state index in [0.717, 1.165) is 12.8 Å². The maximum atomic E-state index is 12.2. The third kappa shape index (κ3) is 2.59. The standard InChI is InChI=1S/C16H22O/c1-11(2)9-15-14(10-12(3)16(15)17)13-7-5-4-6-8-13/h4-8,11-12,14-15H,9-10H2,1-3H3/t12-,14-,15-/m0/s1. The Hall–Kier alpha value is -1.11. The minimum absolute atomic E-state index is 0.240. The molecule has 2 rings (SSSR count). The number of carbonyl (C=O) groups excluding carboxylic acids is 1. The number of ketones is 1. The Morgan fingerprint density at radius 1 is 1.24 bits per heavy atom. The second-order valence-electron chi connectivity index (χ2n) is 5.79. The minimum Gasteiger partial charge on any atom is -0.299 e. The van der Waals surface area contributed by atoms with Crippen LogP contribution in [0.1, 0.15) is 45.1 Å². The number of Topliss-reactive ketones (excluding diaryl/α,β-unsaturated/α-hetero) is 1. The molecule has 0 unspecified atom stereocenters. The molecule has 0 saturated heterocycles. The maximum absolute atomic E-state index is 12.2. The summed E-state index contributed by atoms with van der Waals surface area (Å²) < 4.78 is 0.